The lowest BCUT2D eigenvalue weighted by Crippen LogP contribution is -2.42. The minimum Gasteiger partial charge on any atom is -0.327 e. The number of piperidine rings is 1. The Morgan fingerprint density at radius 1 is 1.58 bits per heavy atom. The summed E-state index contributed by atoms with van der Waals surface area (Å²) in [5, 5.41) is 5.50. The van der Waals surface area contributed by atoms with E-state index in [4.69, 9.17) is 5.73 Å². The number of hydrogen-bond donors (Lipinski definition) is 2. The zero-order valence-electron chi connectivity index (χ0n) is 6.99. The zero-order valence-corrected chi connectivity index (χ0v) is 7.81. The van der Waals surface area contributed by atoms with Crippen molar-refractivity contribution in [3.05, 3.63) is 22.4 Å². The number of hydrogen-bond acceptors (Lipinski definition) is 3. The molecule has 3 N–H and O–H groups in total. The standard InChI is InChI=1S/C9H14N2S/c10-8-3-4-11-6-7(8)9-2-1-5-12-9/h1-2,5,7-8,11H,3-4,6,10H2. The van der Waals surface area contributed by atoms with E-state index in [1.807, 2.05) is 11.3 Å². The second kappa shape index (κ2) is 3.56. The molecule has 0 amide bonds. The van der Waals surface area contributed by atoms with Gasteiger partial charge in [0, 0.05) is 23.4 Å². The molecule has 2 heterocycles. The van der Waals surface area contributed by atoms with Crippen LogP contribution in [0.5, 0.6) is 0 Å². The van der Waals surface area contributed by atoms with Crippen LogP contribution in [-0.4, -0.2) is 19.1 Å². The van der Waals surface area contributed by atoms with Gasteiger partial charge in [-0.1, -0.05) is 6.07 Å². The molecule has 1 aliphatic rings. The molecule has 1 aromatic rings. The van der Waals surface area contributed by atoms with Gasteiger partial charge in [0.15, 0.2) is 0 Å². The number of rotatable bonds is 1. The minimum absolute atomic E-state index is 0.352. The SMILES string of the molecule is NC1CCNCC1c1cccs1. The summed E-state index contributed by atoms with van der Waals surface area (Å²) >= 11 is 1.81. The second-order valence-corrected chi connectivity index (χ2v) is 4.26. The van der Waals surface area contributed by atoms with Gasteiger partial charge in [-0.05, 0) is 24.4 Å². The van der Waals surface area contributed by atoms with E-state index in [9.17, 15) is 0 Å². The molecule has 0 saturated carbocycles. The van der Waals surface area contributed by atoms with Crippen molar-refractivity contribution >= 4 is 11.3 Å². The van der Waals surface area contributed by atoms with Crippen molar-refractivity contribution in [1.29, 1.82) is 0 Å². The highest BCUT2D eigenvalue weighted by Crippen LogP contribution is 2.25. The average Bonchev–Trinajstić information content (AvgIpc) is 2.57. The van der Waals surface area contributed by atoms with Crippen molar-refractivity contribution in [1.82, 2.24) is 5.32 Å². The fourth-order valence-corrected chi connectivity index (χ4v) is 2.60. The molecule has 0 aliphatic carbocycles. The Balaban J connectivity index is 2.11. The Bertz CT molecular complexity index is 233. The highest BCUT2D eigenvalue weighted by Gasteiger charge is 2.23. The molecule has 1 aromatic heterocycles. The van der Waals surface area contributed by atoms with Crippen molar-refractivity contribution in [3.63, 3.8) is 0 Å². The Morgan fingerprint density at radius 2 is 2.50 bits per heavy atom. The molecule has 66 valence electrons. The molecular formula is C9H14N2S. The first kappa shape index (κ1) is 8.23. The predicted molar refractivity (Wildman–Crippen MR) is 52.5 cm³/mol. The first-order valence-corrected chi connectivity index (χ1v) is 5.25. The van der Waals surface area contributed by atoms with Gasteiger partial charge in [0.05, 0.1) is 0 Å². The van der Waals surface area contributed by atoms with Gasteiger partial charge in [0.25, 0.3) is 0 Å². The van der Waals surface area contributed by atoms with E-state index < -0.39 is 0 Å². The minimum atomic E-state index is 0.352. The molecule has 1 fully saturated rings. The Labute approximate surface area is 76.8 Å². The zero-order chi connectivity index (χ0) is 8.39. The van der Waals surface area contributed by atoms with Gasteiger partial charge in [0.1, 0.15) is 0 Å². The third kappa shape index (κ3) is 1.53. The van der Waals surface area contributed by atoms with Crippen LogP contribution >= 0.6 is 11.3 Å². The summed E-state index contributed by atoms with van der Waals surface area (Å²) in [6.07, 6.45) is 1.10. The van der Waals surface area contributed by atoms with Gasteiger partial charge in [-0.3, -0.25) is 0 Å². The lowest BCUT2D eigenvalue weighted by molar-refractivity contribution is 0.407. The van der Waals surface area contributed by atoms with Crippen molar-refractivity contribution in [2.45, 2.75) is 18.4 Å². The van der Waals surface area contributed by atoms with Crippen molar-refractivity contribution in [2.75, 3.05) is 13.1 Å². The second-order valence-electron chi connectivity index (χ2n) is 3.28. The number of nitrogens with one attached hydrogen (secondary N) is 1. The fraction of sp³-hybridized carbons (Fsp3) is 0.556. The van der Waals surface area contributed by atoms with E-state index in [1.165, 1.54) is 4.88 Å². The van der Waals surface area contributed by atoms with Crippen molar-refractivity contribution in [2.24, 2.45) is 5.73 Å². The first-order chi connectivity index (χ1) is 5.88. The largest absolute Gasteiger partial charge is 0.327 e. The fourth-order valence-electron chi connectivity index (χ4n) is 1.69. The molecule has 2 nitrogen and oxygen atoms in total. The Kier molecular flexibility index (Phi) is 2.44. The summed E-state index contributed by atoms with van der Waals surface area (Å²) in [6, 6.07) is 4.63. The van der Waals surface area contributed by atoms with E-state index in [1.54, 1.807) is 0 Å². The Morgan fingerprint density at radius 3 is 3.17 bits per heavy atom. The van der Waals surface area contributed by atoms with E-state index in [0.717, 1.165) is 19.5 Å². The van der Waals surface area contributed by atoms with Crippen molar-refractivity contribution < 1.29 is 0 Å². The summed E-state index contributed by atoms with van der Waals surface area (Å²) in [5.74, 6) is 0.541. The quantitative estimate of drug-likeness (QED) is 0.684. The number of thiophene rings is 1. The highest BCUT2D eigenvalue weighted by molar-refractivity contribution is 7.10. The first-order valence-electron chi connectivity index (χ1n) is 4.37. The molecule has 0 radical (unpaired) electrons. The van der Waals surface area contributed by atoms with Gasteiger partial charge in [0.2, 0.25) is 0 Å². The van der Waals surface area contributed by atoms with E-state index >= 15 is 0 Å². The smallest absolute Gasteiger partial charge is 0.0210 e. The highest BCUT2D eigenvalue weighted by atomic mass is 32.1. The molecule has 3 heteroatoms. The average molecular weight is 182 g/mol. The molecule has 12 heavy (non-hydrogen) atoms. The van der Waals surface area contributed by atoms with E-state index in [-0.39, 0.29) is 0 Å². The van der Waals surface area contributed by atoms with Gasteiger partial charge in [-0.2, -0.15) is 0 Å². The van der Waals surface area contributed by atoms with E-state index in [2.05, 4.69) is 22.8 Å². The third-order valence-corrected chi connectivity index (χ3v) is 3.45. The lowest BCUT2D eigenvalue weighted by atomic mass is 9.93. The topological polar surface area (TPSA) is 38.0 Å². The monoisotopic (exact) mass is 182 g/mol. The normalized spacial score (nSPS) is 30.4. The van der Waals surface area contributed by atoms with Gasteiger partial charge in [-0.25, -0.2) is 0 Å². The molecule has 1 aliphatic heterocycles. The maximum absolute atomic E-state index is 6.04. The van der Waals surface area contributed by atoms with Crippen LogP contribution in [-0.2, 0) is 0 Å². The Hall–Kier alpha value is -0.380. The predicted octanol–water partition coefficient (Wildman–Crippen LogP) is 1.15. The van der Waals surface area contributed by atoms with Crippen LogP contribution in [0.4, 0.5) is 0 Å². The maximum atomic E-state index is 6.04. The third-order valence-electron chi connectivity index (χ3n) is 2.44. The van der Waals surface area contributed by atoms with Crippen LogP contribution in [0.3, 0.4) is 0 Å². The van der Waals surface area contributed by atoms with Crippen LogP contribution in [0.25, 0.3) is 0 Å². The molecule has 0 aromatic carbocycles. The summed E-state index contributed by atoms with van der Waals surface area (Å²) in [4.78, 5) is 1.43. The van der Waals surface area contributed by atoms with Crippen LogP contribution in [0, 0.1) is 0 Å². The molecule has 2 unspecified atom stereocenters. The van der Waals surface area contributed by atoms with E-state index in [0.29, 0.717) is 12.0 Å². The van der Waals surface area contributed by atoms with Gasteiger partial charge in [-0.15, -0.1) is 11.3 Å². The molecule has 0 spiro atoms. The molecule has 2 atom stereocenters. The lowest BCUT2D eigenvalue weighted by Gasteiger charge is -2.28. The summed E-state index contributed by atoms with van der Waals surface area (Å²) in [5.41, 5.74) is 6.04. The summed E-state index contributed by atoms with van der Waals surface area (Å²) in [6.45, 7) is 2.12. The van der Waals surface area contributed by atoms with Crippen molar-refractivity contribution in [3.8, 4) is 0 Å². The van der Waals surface area contributed by atoms with Crippen LogP contribution < -0.4 is 11.1 Å². The molecule has 1 saturated heterocycles. The van der Waals surface area contributed by atoms with Crippen LogP contribution in [0.2, 0.25) is 0 Å². The summed E-state index contributed by atoms with van der Waals surface area (Å²) < 4.78 is 0. The number of nitrogens with two attached hydrogens (primary N) is 1. The van der Waals surface area contributed by atoms with Gasteiger partial charge >= 0.3 is 0 Å². The molecule has 2 rings (SSSR count). The summed E-state index contributed by atoms with van der Waals surface area (Å²) in [7, 11) is 0. The maximum Gasteiger partial charge on any atom is 0.0210 e. The molecular weight excluding hydrogens is 168 g/mol. The van der Waals surface area contributed by atoms with Crippen LogP contribution in [0.15, 0.2) is 17.5 Å². The van der Waals surface area contributed by atoms with Gasteiger partial charge < -0.3 is 11.1 Å². The van der Waals surface area contributed by atoms with Crippen LogP contribution in [0.1, 0.15) is 17.2 Å². The molecule has 0 bridgehead atoms.